The molecule has 1 aromatic carbocycles. The van der Waals surface area contributed by atoms with E-state index in [0.717, 1.165) is 65.3 Å². The summed E-state index contributed by atoms with van der Waals surface area (Å²) < 4.78 is 9.22. The van der Waals surface area contributed by atoms with Crippen molar-refractivity contribution >= 4 is 32.9 Å². The molecule has 35 heavy (non-hydrogen) atoms. The third-order valence-electron chi connectivity index (χ3n) is 6.72. The van der Waals surface area contributed by atoms with Crippen LogP contribution in [-0.2, 0) is 4.74 Å². The molecule has 1 fully saturated rings. The van der Waals surface area contributed by atoms with Gasteiger partial charge >= 0.3 is 0 Å². The van der Waals surface area contributed by atoms with Crippen LogP contribution in [0.4, 0.5) is 5.95 Å². The molecule has 0 saturated carbocycles. The van der Waals surface area contributed by atoms with Gasteiger partial charge in [0.15, 0.2) is 6.23 Å². The number of halogens is 1. The number of nitrogens with one attached hydrogen (secondary N) is 1. The Balaban J connectivity index is 0.00000342. The Morgan fingerprint density at radius 2 is 1.86 bits per heavy atom. The summed E-state index contributed by atoms with van der Waals surface area (Å²) in [5.74, 6) is 1.34. The van der Waals surface area contributed by atoms with Crippen LogP contribution in [0.2, 0.25) is 0 Å². The number of likely N-dealkylation sites (tertiary alicyclic amines) is 1. The van der Waals surface area contributed by atoms with Crippen molar-refractivity contribution in [2.45, 2.75) is 58.8 Å². The Kier molecular flexibility index (Phi) is 9.66. The molecule has 1 saturated heterocycles. The number of rotatable bonds is 9. The number of aromatic nitrogens is 3. The lowest BCUT2D eigenvalue weighted by atomic mass is 10.0. The Morgan fingerprint density at radius 3 is 2.51 bits per heavy atom. The molecule has 2 unspecified atom stereocenters. The van der Waals surface area contributed by atoms with E-state index in [9.17, 15) is 0 Å². The van der Waals surface area contributed by atoms with Gasteiger partial charge < -0.3 is 26.2 Å². The summed E-state index contributed by atoms with van der Waals surface area (Å²) in [6.07, 6.45) is 1.74. The van der Waals surface area contributed by atoms with Crippen molar-refractivity contribution in [1.82, 2.24) is 19.4 Å². The maximum Gasteiger partial charge on any atom is 0.206 e. The zero-order valence-corrected chi connectivity index (χ0v) is 22.8. The molecular weight excluding hydrogens is 508 g/mol. The fourth-order valence-corrected chi connectivity index (χ4v) is 4.92. The van der Waals surface area contributed by atoms with Gasteiger partial charge in [0.1, 0.15) is 4.60 Å². The number of anilines is 1. The van der Waals surface area contributed by atoms with E-state index in [1.165, 1.54) is 0 Å². The number of para-hydroxylation sites is 1. The van der Waals surface area contributed by atoms with Gasteiger partial charge in [0.25, 0.3) is 0 Å². The molecule has 192 valence electrons. The van der Waals surface area contributed by atoms with Crippen LogP contribution < -0.4 is 11.1 Å². The number of nitrogens with zero attached hydrogens (tertiary/aromatic N) is 4. The van der Waals surface area contributed by atoms with E-state index in [4.69, 9.17) is 20.4 Å². The van der Waals surface area contributed by atoms with Crippen LogP contribution in [0, 0.1) is 12.8 Å². The first kappa shape index (κ1) is 27.5. The van der Waals surface area contributed by atoms with Gasteiger partial charge in [-0.15, -0.1) is 0 Å². The van der Waals surface area contributed by atoms with Crippen molar-refractivity contribution in [3.8, 4) is 0 Å². The average molecular weight is 548 g/mol. The lowest BCUT2D eigenvalue weighted by molar-refractivity contribution is 0.0419. The fraction of sp³-hybridized carbons (Fsp3) is 0.538. The topological polar surface area (TPSA) is 113 Å². The molecule has 1 aliphatic heterocycles. The van der Waals surface area contributed by atoms with Crippen LogP contribution in [0.5, 0.6) is 0 Å². The van der Waals surface area contributed by atoms with Crippen LogP contribution in [0.1, 0.15) is 51.1 Å². The SMILES string of the molecule is CCOC(c1cccc(Br)n1)n1c(NC2CCN(CC(N)C(C)C)CC2)nc2c(C)cccc21.O. The summed E-state index contributed by atoms with van der Waals surface area (Å²) in [6, 6.07) is 12.8. The number of aryl methyl sites for hydroxylation is 1. The summed E-state index contributed by atoms with van der Waals surface area (Å²) in [7, 11) is 0. The van der Waals surface area contributed by atoms with Crippen molar-refractivity contribution in [3.63, 3.8) is 0 Å². The quantitative estimate of drug-likeness (QED) is 0.390. The second-order valence-electron chi connectivity index (χ2n) is 9.57. The number of nitrogens with two attached hydrogens (primary N) is 1. The van der Waals surface area contributed by atoms with E-state index >= 15 is 0 Å². The molecule has 2 aromatic heterocycles. The summed E-state index contributed by atoms with van der Waals surface area (Å²) in [4.78, 5) is 12.3. The van der Waals surface area contributed by atoms with Gasteiger partial charge in [0.2, 0.25) is 5.95 Å². The highest BCUT2D eigenvalue weighted by Crippen LogP contribution is 2.32. The van der Waals surface area contributed by atoms with E-state index < -0.39 is 0 Å². The number of benzene rings is 1. The summed E-state index contributed by atoms with van der Waals surface area (Å²) >= 11 is 3.51. The molecule has 3 aromatic rings. The monoisotopic (exact) mass is 546 g/mol. The van der Waals surface area contributed by atoms with Crippen molar-refractivity contribution in [1.29, 1.82) is 0 Å². The molecule has 9 heteroatoms. The smallest absolute Gasteiger partial charge is 0.206 e. The molecule has 0 bridgehead atoms. The lowest BCUT2D eigenvalue weighted by Crippen LogP contribution is -2.46. The minimum atomic E-state index is -0.374. The highest BCUT2D eigenvalue weighted by atomic mass is 79.9. The number of pyridine rings is 1. The summed E-state index contributed by atoms with van der Waals surface area (Å²) in [5.41, 5.74) is 10.3. The first-order chi connectivity index (χ1) is 16.4. The van der Waals surface area contributed by atoms with E-state index in [1.54, 1.807) is 0 Å². The number of piperidine rings is 1. The Bertz CT molecular complexity index is 1100. The molecule has 1 aliphatic rings. The van der Waals surface area contributed by atoms with Crippen LogP contribution >= 0.6 is 15.9 Å². The van der Waals surface area contributed by atoms with Gasteiger partial charge in [-0.05, 0) is 72.3 Å². The number of hydrogen-bond acceptors (Lipinski definition) is 6. The van der Waals surface area contributed by atoms with E-state index in [2.05, 4.69) is 69.7 Å². The minimum absolute atomic E-state index is 0. The second kappa shape index (κ2) is 12.3. The average Bonchev–Trinajstić information content (AvgIpc) is 3.17. The van der Waals surface area contributed by atoms with E-state index in [0.29, 0.717) is 18.6 Å². The Hall–Kier alpha value is -2.04. The maximum atomic E-state index is 6.32. The molecule has 3 heterocycles. The predicted octanol–water partition coefficient (Wildman–Crippen LogP) is 4.12. The summed E-state index contributed by atoms with van der Waals surface area (Å²) in [5, 5.41) is 3.76. The largest absolute Gasteiger partial charge is 0.412 e. The molecule has 0 aliphatic carbocycles. The minimum Gasteiger partial charge on any atom is -0.412 e. The normalized spacial score (nSPS) is 16.9. The zero-order chi connectivity index (χ0) is 24.2. The number of imidazole rings is 1. The van der Waals surface area contributed by atoms with Gasteiger partial charge in [0.05, 0.1) is 16.7 Å². The lowest BCUT2D eigenvalue weighted by Gasteiger charge is -2.35. The van der Waals surface area contributed by atoms with Crippen molar-refractivity contribution in [2.75, 3.05) is 31.6 Å². The van der Waals surface area contributed by atoms with Crippen molar-refractivity contribution < 1.29 is 10.2 Å². The van der Waals surface area contributed by atoms with Crippen molar-refractivity contribution in [2.24, 2.45) is 11.7 Å². The maximum absolute atomic E-state index is 6.32. The predicted molar refractivity (Wildman–Crippen MR) is 146 cm³/mol. The molecule has 5 N–H and O–H groups in total. The van der Waals surface area contributed by atoms with E-state index in [1.807, 2.05) is 25.1 Å². The van der Waals surface area contributed by atoms with Crippen LogP contribution in [0.3, 0.4) is 0 Å². The number of ether oxygens (including phenoxy) is 1. The Morgan fingerprint density at radius 1 is 1.14 bits per heavy atom. The first-order valence-corrected chi connectivity index (χ1v) is 13.1. The van der Waals surface area contributed by atoms with Gasteiger partial charge in [-0.3, -0.25) is 4.57 Å². The van der Waals surface area contributed by atoms with Gasteiger partial charge in [-0.1, -0.05) is 32.0 Å². The molecule has 0 spiro atoms. The van der Waals surface area contributed by atoms with Crippen LogP contribution in [0.15, 0.2) is 41.0 Å². The van der Waals surface area contributed by atoms with E-state index in [-0.39, 0.29) is 17.7 Å². The highest BCUT2D eigenvalue weighted by molar-refractivity contribution is 9.10. The van der Waals surface area contributed by atoms with Crippen LogP contribution in [0.25, 0.3) is 11.0 Å². The fourth-order valence-electron chi connectivity index (χ4n) is 4.56. The second-order valence-corrected chi connectivity index (χ2v) is 10.4. The zero-order valence-electron chi connectivity index (χ0n) is 21.2. The van der Waals surface area contributed by atoms with Gasteiger partial charge in [-0.25, -0.2) is 9.97 Å². The number of hydrogen-bond donors (Lipinski definition) is 2. The molecule has 4 rings (SSSR count). The van der Waals surface area contributed by atoms with Crippen molar-refractivity contribution in [3.05, 3.63) is 52.3 Å². The van der Waals surface area contributed by atoms with Crippen LogP contribution in [-0.4, -0.2) is 63.2 Å². The Labute approximate surface area is 216 Å². The highest BCUT2D eigenvalue weighted by Gasteiger charge is 2.27. The summed E-state index contributed by atoms with van der Waals surface area (Å²) in [6.45, 7) is 12.1. The first-order valence-electron chi connectivity index (χ1n) is 12.3. The number of fused-ring (bicyclic) bond motifs is 1. The van der Waals surface area contributed by atoms with Gasteiger partial charge in [-0.2, -0.15) is 0 Å². The van der Waals surface area contributed by atoms with Gasteiger partial charge in [0, 0.05) is 38.3 Å². The molecular formula is C26H39BrN6O2. The molecule has 0 radical (unpaired) electrons. The standard InChI is InChI=1S/C26H37BrN6O.H2O/c1-5-34-25(21-9-7-11-23(27)30-21)33-22-10-6-8-18(4)24(22)31-26(33)29-19-12-14-32(15-13-19)16-20(28)17(2)3;/h6-11,17,19-20,25H,5,12-16,28H2,1-4H3,(H,29,31);1H2. The molecule has 2 atom stereocenters. The third-order valence-corrected chi connectivity index (χ3v) is 7.16. The molecule has 0 amide bonds. The molecule has 8 nitrogen and oxygen atoms in total. The third kappa shape index (κ3) is 6.40.